The van der Waals surface area contributed by atoms with Crippen molar-refractivity contribution in [3.63, 3.8) is 0 Å². The first kappa shape index (κ1) is 17.5. The van der Waals surface area contributed by atoms with Gasteiger partial charge in [0.25, 0.3) is 0 Å². The van der Waals surface area contributed by atoms with Gasteiger partial charge in [-0.15, -0.1) is 0 Å². The zero-order valence-electron chi connectivity index (χ0n) is 14.9. The van der Waals surface area contributed by atoms with Crippen LogP contribution in [0.3, 0.4) is 0 Å². The van der Waals surface area contributed by atoms with E-state index < -0.39 is 11.7 Å². The van der Waals surface area contributed by atoms with Crippen LogP contribution >= 0.6 is 0 Å². The standard InChI is InChI=1S/C19H16N4O5/c1-26-14-8-4-2-6-12(14)10-20-17(24)18-21-16(22-28-18)11-23-13-7-3-5-9-15(13)27-19(23)25/h2-9H,10-11H2,1H3,(H,20,24). The lowest BCUT2D eigenvalue weighted by atomic mass is 10.2. The van der Waals surface area contributed by atoms with Crippen LogP contribution in [0.1, 0.15) is 22.1 Å². The number of fused-ring (bicyclic) bond motifs is 1. The molecule has 0 spiro atoms. The third-order valence-electron chi connectivity index (χ3n) is 4.17. The Labute approximate surface area is 158 Å². The summed E-state index contributed by atoms with van der Waals surface area (Å²) in [5.41, 5.74) is 1.89. The number of rotatable bonds is 6. The molecule has 1 N–H and O–H groups in total. The quantitative estimate of drug-likeness (QED) is 0.544. The van der Waals surface area contributed by atoms with E-state index in [0.29, 0.717) is 16.8 Å². The van der Waals surface area contributed by atoms with E-state index >= 15 is 0 Å². The van der Waals surface area contributed by atoms with Crippen molar-refractivity contribution in [3.05, 3.63) is 76.4 Å². The fourth-order valence-electron chi connectivity index (χ4n) is 2.82. The number of benzene rings is 2. The first-order valence-electron chi connectivity index (χ1n) is 8.47. The Morgan fingerprint density at radius 3 is 2.82 bits per heavy atom. The second kappa shape index (κ2) is 7.39. The Hall–Kier alpha value is -3.88. The summed E-state index contributed by atoms with van der Waals surface area (Å²) in [4.78, 5) is 28.4. The molecular formula is C19H16N4O5. The van der Waals surface area contributed by atoms with Crippen LogP contribution in [0.15, 0.2) is 62.3 Å². The van der Waals surface area contributed by atoms with Crippen LogP contribution in [0.2, 0.25) is 0 Å². The molecule has 9 heteroatoms. The molecule has 0 radical (unpaired) electrons. The van der Waals surface area contributed by atoms with Gasteiger partial charge in [-0.1, -0.05) is 35.5 Å². The fraction of sp³-hybridized carbons (Fsp3) is 0.158. The normalized spacial score (nSPS) is 10.9. The van der Waals surface area contributed by atoms with Gasteiger partial charge in [0.15, 0.2) is 11.4 Å². The number of hydrogen-bond acceptors (Lipinski definition) is 7. The highest BCUT2D eigenvalue weighted by Crippen LogP contribution is 2.17. The van der Waals surface area contributed by atoms with Crippen molar-refractivity contribution in [1.82, 2.24) is 20.0 Å². The average Bonchev–Trinajstić information content (AvgIpc) is 3.31. The Kier molecular flexibility index (Phi) is 4.63. The number of nitrogens with zero attached hydrogens (tertiary/aromatic N) is 3. The minimum atomic E-state index is -0.534. The minimum Gasteiger partial charge on any atom is -0.496 e. The number of amides is 1. The zero-order valence-corrected chi connectivity index (χ0v) is 14.9. The predicted octanol–water partition coefficient (Wildman–Crippen LogP) is 1.96. The lowest BCUT2D eigenvalue weighted by Gasteiger charge is -2.07. The number of nitrogens with one attached hydrogen (secondary N) is 1. The monoisotopic (exact) mass is 380 g/mol. The first-order valence-corrected chi connectivity index (χ1v) is 8.47. The number of methoxy groups -OCH3 is 1. The van der Waals surface area contributed by atoms with Crippen molar-refractivity contribution < 1.29 is 18.5 Å². The van der Waals surface area contributed by atoms with E-state index in [4.69, 9.17) is 13.7 Å². The molecule has 4 aromatic rings. The highest BCUT2D eigenvalue weighted by Gasteiger charge is 2.17. The summed E-state index contributed by atoms with van der Waals surface area (Å²) in [6, 6.07) is 14.3. The Balaban J connectivity index is 1.47. The van der Waals surface area contributed by atoms with E-state index in [1.165, 1.54) is 4.57 Å². The fourth-order valence-corrected chi connectivity index (χ4v) is 2.82. The maximum atomic E-state index is 12.3. The van der Waals surface area contributed by atoms with Gasteiger partial charge in [-0.2, -0.15) is 4.98 Å². The third kappa shape index (κ3) is 3.37. The molecule has 142 valence electrons. The Bertz CT molecular complexity index is 1190. The molecule has 0 fully saturated rings. The number of aromatic nitrogens is 3. The van der Waals surface area contributed by atoms with Gasteiger partial charge in [-0.05, 0) is 18.2 Å². The van der Waals surface area contributed by atoms with E-state index in [-0.39, 0.29) is 24.8 Å². The molecule has 4 rings (SSSR count). The van der Waals surface area contributed by atoms with E-state index in [0.717, 1.165) is 5.56 Å². The van der Waals surface area contributed by atoms with Gasteiger partial charge in [-0.3, -0.25) is 9.36 Å². The van der Waals surface area contributed by atoms with Gasteiger partial charge in [0, 0.05) is 12.1 Å². The van der Waals surface area contributed by atoms with Gasteiger partial charge in [0.05, 0.1) is 19.2 Å². The molecule has 0 atom stereocenters. The van der Waals surface area contributed by atoms with Crippen LogP contribution in [0.4, 0.5) is 0 Å². The van der Waals surface area contributed by atoms with Crippen LogP contribution in [0.5, 0.6) is 5.75 Å². The van der Waals surface area contributed by atoms with Crippen LogP contribution < -0.4 is 15.8 Å². The lowest BCUT2D eigenvalue weighted by Crippen LogP contribution is -2.23. The molecule has 0 unspecified atom stereocenters. The number of ether oxygens (including phenoxy) is 1. The number of carbonyl (C=O) groups excluding carboxylic acids is 1. The van der Waals surface area contributed by atoms with Crippen LogP contribution in [-0.4, -0.2) is 27.7 Å². The Morgan fingerprint density at radius 2 is 1.96 bits per heavy atom. The van der Waals surface area contributed by atoms with Crippen LogP contribution in [-0.2, 0) is 13.1 Å². The highest BCUT2D eigenvalue weighted by atomic mass is 16.5. The van der Waals surface area contributed by atoms with E-state index in [9.17, 15) is 9.59 Å². The van der Waals surface area contributed by atoms with Crippen molar-refractivity contribution in [2.75, 3.05) is 7.11 Å². The molecule has 2 heterocycles. The lowest BCUT2D eigenvalue weighted by molar-refractivity contribution is 0.0906. The largest absolute Gasteiger partial charge is 0.496 e. The average molecular weight is 380 g/mol. The van der Waals surface area contributed by atoms with Gasteiger partial charge >= 0.3 is 17.6 Å². The van der Waals surface area contributed by atoms with E-state index in [1.807, 2.05) is 18.2 Å². The number of carbonyl (C=O) groups is 1. The van der Waals surface area contributed by atoms with Crippen molar-refractivity contribution >= 4 is 17.0 Å². The molecule has 2 aromatic heterocycles. The first-order chi connectivity index (χ1) is 13.7. The van der Waals surface area contributed by atoms with E-state index in [1.54, 1.807) is 37.4 Å². The summed E-state index contributed by atoms with van der Waals surface area (Å²) >= 11 is 0. The smallest absolute Gasteiger partial charge is 0.420 e. The minimum absolute atomic E-state index is 0.0269. The number of hydrogen-bond donors (Lipinski definition) is 1. The molecule has 1 amide bonds. The molecule has 0 aliphatic heterocycles. The molecule has 0 saturated carbocycles. The van der Waals surface area contributed by atoms with Crippen molar-refractivity contribution in [2.24, 2.45) is 0 Å². The van der Waals surface area contributed by atoms with Gasteiger partial charge < -0.3 is 19.0 Å². The van der Waals surface area contributed by atoms with Gasteiger partial charge in [0.2, 0.25) is 0 Å². The molecule has 9 nitrogen and oxygen atoms in total. The van der Waals surface area contributed by atoms with Crippen LogP contribution in [0.25, 0.3) is 11.1 Å². The predicted molar refractivity (Wildman–Crippen MR) is 98.0 cm³/mol. The molecule has 28 heavy (non-hydrogen) atoms. The summed E-state index contributed by atoms with van der Waals surface area (Å²) in [7, 11) is 1.56. The van der Waals surface area contributed by atoms with Crippen LogP contribution in [0, 0.1) is 0 Å². The summed E-state index contributed by atoms with van der Waals surface area (Å²) in [5.74, 6) is -0.385. The highest BCUT2D eigenvalue weighted by molar-refractivity contribution is 5.89. The summed E-state index contributed by atoms with van der Waals surface area (Å²) in [6.45, 7) is 0.269. The second-order valence-electron chi connectivity index (χ2n) is 5.93. The SMILES string of the molecule is COc1ccccc1CNC(=O)c1nc(Cn2c(=O)oc3ccccc32)no1. The summed E-state index contributed by atoms with van der Waals surface area (Å²) < 4.78 is 16.8. The molecule has 0 bridgehead atoms. The maximum absolute atomic E-state index is 12.3. The molecular weight excluding hydrogens is 364 g/mol. The third-order valence-corrected chi connectivity index (χ3v) is 4.17. The molecule has 0 aliphatic carbocycles. The van der Waals surface area contributed by atoms with Crippen molar-refractivity contribution in [3.8, 4) is 5.75 Å². The van der Waals surface area contributed by atoms with E-state index in [2.05, 4.69) is 15.5 Å². The molecule has 0 saturated heterocycles. The number of oxazole rings is 1. The Morgan fingerprint density at radius 1 is 1.18 bits per heavy atom. The summed E-state index contributed by atoms with van der Waals surface area (Å²) in [6.07, 6.45) is 0. The van der Waals surface area contributed by atoms with Crippen molar-refractivity contribution in [2.45, 2.75) is 13.1 Å². The second-order valence-corrected chi connectivity index (χ2v) is 5.93. The number of para-hydroxylation sites is 3. The molecule has 0 aliphatic rings. The van der Waals surface area contributed by atoms with Gasteiger partial charge in [-0.25, -0.2) is 4.79 Å². The summed E-state index contributed by atoms with van der Waals surface area (Å²) in [5, 5.41) is 6.48. The molecule has 2 aromatic carbocycles. The zero-order chi connectivity index (χ0) is 19.5. The topological polar surface area (TPSA) is 112 Å². The van der Waals surface area contributed by atoms with Crippen molar-refractivity contribution in [1.29, 1.82) is 0 Å². The van der Waals surface area contributed by atoms with Gasteiger partial charge in [0.1, 0.15) is 5.75 Å². The maximum Gasteiger partial charge on any atom is 0.420 e.